The quantitative estimate of drug-likeness (QED) is 0.817. The molecule has 0 unspecified atom stereocenters. The summed E-state index contributed by atoms with van der Waals surface area (Å²) in [6.07, 6.45) is 3.79. The lowest BCUT2D eigenvalue weighted by Crippen LogP contribution is -2.28. The van der Waals surface area contributed by atoms with Gasteiger partial charge in [-0.2, -0.15) is 0 Å². The molecule has 2 saturated heterocycles. The van der Waals surface area contributed by atoms with Crippen LogP contribution in [0.1, 0.15) is 33.1 Å². The maximum atomic E-state index is 5.04. The second-order valence-corrected chi connectivity index (χ2v) is 6.67. The molecule has 2 aliphatic rings. The van der Waals surface area contributed by atoms with Gasteiger partial charge in [-0.25, -0.2) is 4.99 Å². The SMILES string of the molecule is CN1CCC(C)(C)C1=Nc1ccccc1N1CCCC1. The fraction of sp³-hybridized carbons (Fsp3) is 0.588. The molecule has 0 aromatic heterocycles. The average Bonchev–Trinajstić information content (AvgIpc) is 3.03. The summed E-state index contributed by atoms with van der Waals surface area (Å²) in [7, 11) is 2.16. The van der Waals surface area contributed by atoms with Crippen molar-refractivity contribution in [2.75, 3.05) is 31.6 Å². The molecule has 0 N–H and O–H groups in total. The van der Waals surface area contributed by atoms with Gasteiger partial charge in [-0.15, -0.1) is 0 Å². The molecule has 0 aliphatic carbocycles. The smallest absolute Gasteiger partial charge is 0.110 e. The van der Waals surface area contributed by atoms with Crippen LogP contribution in [0.5, 0.6) is 0 Å². The first-order valence-corrected chi connectivity index (χ1v) is 7.72. The number of amidine groups is 1. The molecule has 0 amide bonds. The zero-order chi connectivity index (χ0) is 14.2. The second-order valence-electron chi connectivity index (χ2n) is 6.67. The molecule has 20 heavy (non-hydrogen) atoms. The minimum absolute atomic E-state index is 0.187. The molecule has 0 bridgehead atoms. The third-order valence-electron chi connectivity index (χ3n) is 4.59. The van der Waals surface area contributed by atoms with Crippen LogP contribution in [0.25, 0.3) is 0 Å². The summed E-state index contributed by atoms with van der Waals surface area (Å²) in [5.41, 5.74) is 2.62. The molecular weight excluding hydrogens is 246 g/mol. The molecule has 2 heterocycles. The van der Waals surface area contributed by atoms with Gasteiger partial charge in [0, 0.05) is 32.1 Å². The topological polar surface area (TPSA) is 18.8 Å². The van der Waals surface area contributed by atoms with Crippen molar-refractivity contribution in [3.8, 4) is 0 Å². The third-order valence-corrected chi connectivity index (χ3v) is 4.59. The van der Waals surface area contributed by atoms with Crippen molar-refractivity contribution < 1.29 is 0 Å². The standard InChI is InChI=1S/C17H25N3/c1-17(2)10-13-19(3)16(17)18-14-8-4-5-9-15(14)20-11-6-7-12-20/h4-5,8-9H,6-7,10-13H2,1-3H3. The van der Waals surface area contributed by atoms with Crippen molar-refractivity contribution in [2.24, 2.45) is 10.4 Å². The van der Waals surface area contributed by atoms with Crippen molar-refractivity contribution in [3.05, 3.63) is 24.3 Å². The number of benzene rings is 1. The van der Waals surface area contributed by atoms with Gasteiger partial charge in [0.1, 0.15) is 5.84 Å². The Labute approximate surface area is 122 Å². The third kappa shape index (κ3) is 2.41. The Morgan fingerprint density at radius 3 is 2.40 bits per heavy atom. The first-order valence-electron chi connectivity index (χ1n) is 7.72. The number of para-hydroxylation sites is 2. The largest absolute Gasteiger partial charge is 0.370 e. The number of anilines is 1. The molecule has 0 radical (unpaired) electrons. The first kappa shape index (κ1) is 13.5. The van der Waals surface area contributed by atoms with Crippen molar-refractivity contribution in [2.45, 2.75) is 33.1 Å². The van der Waals surface area contributed by atoms with Crippen molar-refractivity contribution in [1.29, 1.82) is 0 Å². The molecule has 1 aromatic carbocycles. The van der Waals surface area contributed by atoms with Crippen LogP contribution in [0.3, 0.4) is 0 Å². The van der Waals surface area contributed by atoms with Crippen LogP contribution in [0.4, 0.5) is 11.4 Å². The summed E-state index contributed by atoms with van der Waals surface area (Å²) in [5, 5.41) is 0. The van der Waals surface area contributed by atoms with Crippen LogP contribution in [0.15, 0.2) is 29.3 Å². The number of likely N-dealkylation sites (tertiary alicyclic amines) is 1. The molecule has 0 atom stereocenters. The number of nitrogens with zero attached hydrogens (tertiary/aromatic N) is 3. The molecule has 1 aromatic rings. The summed E-state index contributed by atoms with van der Waals surface area (Å²) >= 11 is 0. The Morgan fingerprint density at radius 1 is 1.05 bits per heavy atom. The van der Waals surface area contributed by atoms with Crippen molar-refractivity contribution >= 4 is 17.2 Å². The number of hydrogen-bond acceptors (Lipinski definition) is 2. The maximum Gasteiger partial charge on any atom is 0.110 e. The molecule has 2 fully saturated rings. The average molecular weight is 271 g/mol. The van der Waals surface area contributed by atoms with Gasteiger partial charge in [-0.05, 0) is 31.4 Å². The summed E-state index contributed by atoms with van der Waals surface area (Å²) in [5.74, 6) is 1.23. The van der Waals surface area contributed by atoms with Crippen molar-refractivity contribution in [1.82, 2.24) is 4.90 Å². The predicted octanol–water partition coefficient (Wildman–Crippen LogP) is 3.68. The van der Waals surface area contributed by atoms with E-state index in [0.29, 0.717) is 0 Å². The number of rotatable bonds is 2. The maximum absolute atomic E-state index is 5.04. The molecule has 2 aliphatic heterocycles. The highest BCUT2D eigenvalue weighted by Gasteiger charge is 2.34. The Kier molecular flexibility index (Phi) is 3.45. The van der Waals surface area contributed by atoms with E-state index in [1.54, 1.807) is 0 Å². The van der Waals surface area contributed by atoms with E-state index in [9.17, 15) is 0 Å². The fourth-order valence-corrected chi connectivity index (χ4v) is 3.32. The molecule has 108 valence electrons. The number of hydrogen-bond donors (Lipinski definition) is 0. The van der Waals surface area contributed by atoms with Crippen molar-refractivity contribution in [3.63, 3.8) is 0 Å². The van der Waals surface area contributed by atoms with Gasteiger partial charge in [-0.1, -0.05) is 26.0 Å². The van der Waals surface area contributed by atoms with E-state index >= 15 is 0 Å². The van der Waals surface area contributed by atoms with Crippen LogP contribution in [0.2, 0.25) is 0 Å². The highest BCUT2D eigenvalue weighted by molar-refractivity contribution is 5.92. The van der Waals surface area contributed by atoms with Gasteiger partial charge in [0.2, 0.25) is 0 Å². The zero-order valence-electron chi connectivity index (χ0n) is 12.9. The van der Waals surface area contributed by atoms with E-state index in [-0.39, 0.29) is 5.41 Å². The van der Waals surface area contributed by atoms with E-state index in [0.717, 1.165) is 12.2 Å². The van der Waals surface area contributed by atoms with E-state index in [1.807, 2.05) is 0 Å². The zero-order valence-corrected chi connectivity index (χ0v) is 12.9. The Bertz CT molecular complexity index is 513. The predicted molar refractivity (Wildman–Crippen MR) is 86.0 cm³/mol. The van der Waals surface area contributed by atoms with Crippen LogP contribution in [-0.2, 0) is 0 Å². The lowest BCUT2D eigenvalue weighted by Gasteiger charge is -2.24. The van der Waals surface area contributed by atoms with E-state index < -0.39 is 0 Å². The van der Waals surface area contributed by atoms with Crippen LogP contribution >= 0.6 is 0 Å². The van der Waals surface area contributed by atoms with Crippen LogP contribution < -0.4 is 4.90 Å². The summed E-state index contributed by atoms with van der Waals surface area (Å²) < 4.78 is 0. The Hall–Kier alpha value is -1.51. The molecule has 0 spiro atoms. The highest BCUT2D eigenvalue weighted by atomic mass is 15.2. The molecule has 3 rings (SSSR count). The molecular formula is C17H25N3. The summed E-state index contributed by atoms with van der Waals surface area (Å²) in [4.78, 5) is 9.82. The summed E-state index contributed by atoms with van der Waals surface area (Å²) in [6, 6.07) is 8.59. The van der Waals surface area contributed by atoms with Gasteiger partial charge < -0.3 is 9.80 Å². The molecule has 3 nitrogen and oxygen atoms in total. The first-order chi connectivity index (χ1) is 9.58. The highest BCUT2D eigenvalue weighted by Crippen LogP contribution is 2.36. The summed E-state index contributed by atoms with van der Waals surface area (Å²) in [6.45, 7) is 8.04. The van der Waals surface area contributed by atoms with Gasteiger partial charge in [-0.3, -0.25) is 0 Å². The van der Waals surface area contributed by atoms with E-state index in [1.165, 1.54) is 43.9 Å². The monoisotopic (exact) mass is 271 g/mol. The van der Waals surface area contributed by atoms with Crippen LogP contribution in [0, 0.1) is 5.41 Å². The normalized spacial score (nSPS) is 23.9. The Balaban J connectivity index is 1.98. The Morgan fingerprint density at radius 2 is 1.75 bits per heavy atom. The van der Waals surface area contributed by atoms with Gasteiger partial charge >= 0.3 is 0 Å². The van der Waals surface area contributed by atoms with E-state index in [4.69, 9.17) is 4.99 Å². The molecule has 0 saturated carbocycles. The second kappa shape index (κ2) is 5.12. The van der Waals surface area contributed by atoms with Gasteiger partial charge in [0.05, 0.1) is 11.4 Å². The number of aliphatic imine (C=N–C) groups is 1. The minimum Gasteiger partial charge on any atom is -0.370 e. The van der Waals surface area contributed by atoms with Gasteiger partial charge in [0.25, 0.3) is 0 Å². The van der Waals surface area contributed by atoms with Gasteiger partial charge in [0.15, 0.2) is 0 Å². The molecule has 3 heteroatoms. The minimum atomic E-state index is 0.187. The van der Waals surface area contributed by atoms with E-state index in [2.05, 4.69) is 55.0 Å². The van der Waals surface area contributed by atoms with Crippen LogP contribution in [-0.4, -0.2) is 37.4 Å². The fourth-order valence-electron chi connectivity index (χ4n) is 3.32. The lowest BCUT2D eigenvalue weighted by atomic mass is 9.91. The lowest BCUT2D eigenvalue weighted by molar-refractivity contribution is 0.511.